The van der Waals surface area contributed by atoms with Gasteiger partial charge in [0.2, 0.25) is 15.9 Å². The van der Waals surface area contributed by atoms with Gasteiger partial charge in [0.25, 0.3) is 0 Å². The van der Waals surface area contributed by atoms with E-state index in [0.29, 0.717) is 23.4 Å². The van der Waals surface area contributed by atoms with Crippen LogP contribution in [0.25, 0.3) is 5.69 Å². The zero-order valence-corrected chi connectivity index (χ0v) is 18.3. The molecule has 0 radical (unpaired) electrons. The molecule has 0 unspecified atom stereocenters. The van der Waals surface area contributed by atoms with Gasteiger partial charge in [-0.3, -0.25) is 9.52 Å². The van der Waals surface area contributed by atoms with Gasteiger partial charge in [-0.15, -0.1) is 0 Å². The number of hydrogen-bond acceptors (Lipinski definition) is 5. The molecule has 1 aliphatic heterocycles. The number of benzene rings is 2. The highest BCUT2D eigenvalue weighted by molar-refractivity contribution is 7.92. The summed E-state index contributed by atoms with van der Waals surface area (Å²) in [6, 6.07) is 16.5. The van der Waals surface area contributed by atoms with Gasteiger partial charge in [-0.25, -0.2) is 18.1 Å². The number of hydrazone groups is 1. The Balaban J connectivity index is 1.71. The minimum Gasteiger partial charge on any atom is -0.283 e. The van der Waals surface area contributed by atoms with Gasteiger partial charge in [0.05, 0.1) is 35.1 Å². The summed E-state index contributed by atoms with van der Waals surface area (Å²) in [5, 5.41) is 10.6. The van der Waals surface area contributed by atoms with Gasteiger partial charge in [-0.05, 0) is 25.1 Å². The van der Waals surface area contributed by atoms with Crippen molar-refractivity contribution in [3.63, 3.8) is 0 Å². The summed E-state index contributed by atoms with van der Waals surface area (Å²) in [5.41, 5.74) is 4.34. The van der Waals surface area contributed by atoms with Crippen LogP contribution in [0.4, 0.5) is 5.69 Å². The van der Waals surface area contributed by atoms with Crippen LogP contribution in [0.5, 0.6) is 0 Å². The third-order valence-electron chi connectivity index (χ3n) is 5.08. The van der Waals surface area contributed by atoms with Crippen LogP contribution in [0.2, 0.25) is 0 Å². The molecular weight excluding hydrogens is 414 g/mol. The van der Waals surface area contributed by atoms with Crippen LogP contribution in [0, 0.1) is 6.92 Å². The van der Waals surface area contributed by atoms with Crippen molar-refractivity contribution in [3.8, 4) is 5.69 Å². The quantitative estimate of drug-likeness (QED) is 0.663. The molecule has 2 aromatic carbocycles. The fourth-order valence-corrected chi connectivity index (χ4v) is 4.32. The highest BCUT2D eigenvalue weighted by Gasteiger charge is 2.34. The first-order valence-electron chi connectivity index (χ1n) is 9.79. The summed E-state index contributed by atoms with van der Waals surface area (Å²) in [6.45, 7) is 3.38. The Morgan fingerprint density at radius 2 is 1.77 bits per heavy atom. The van der Waals surface area contributed by atoms with Crippen molar-refractivity contribution in [2.24, 2.45) is 5.10 Å². The smallest absolute Gasteiger partial charge is 0.240 e. The van der Waals surface area contributed by atoms with Crippen molar-refractivity contribution in [1.29, 1.82) is 0 Å². The number of hydrogen-bond donors (Lipinski definition) is 1. The van der Waals surface area contributed by atoms with Crippen LogP contribution in [-0.2, 0) is 14.8 Å². The Labute approximate surface area is 181 Å². The first-order valence-corrected chi connectivity index (χ1v) is 11.7. The second kappa shape index (κ2) is 7.99. The molecule has 31 heavy (non-hydrogen) atoms. The van der Waals surface area contributed by atoms with Crippen molar-refractivity contribution < 1.29 is 13.2 Å². The molecule has 1 aliphatic rings. The van der Waals surface area contributed by atoms with E-state index < -0.39 is 10.0 Å². The average molecular weight is 438 g/mol. The van der Waals surface area contributed by atoms with Gasteiger partial charge in [-0.2, -0.15) is 10.2 Å². The lowest BCUT2D eigenvalue weighted by molar-refractivity contribution is -0.130. The summed E-state index contributed by atoms with van der Waals surface area (Å²) in [5.74, 6) is -0.194. The molecule has 4 rings (SSSR count). The van der Waals surface area contributed by atoms with E-state index in [2.05, 4.69) is 14.9 Å². The van der Waals surface area contributed by atoms with E-state index in [0.717, 1.165) is 23.2 Å². The molecule has 1 aromatic heterocycles. The minimum atomic E-state index is -3.46. The number of sulfonamides is 1. The molecule has 1 atom stereocenters. The van der Waals surface area contributed by atoms with Crippen molar-refractivity contribution in [1.82, 2.24) is 14.8 Å². The van der Waals surface area contributed by atoms with Crippen molar-refractivity contribution >= 4 is 27.3 Å². The number of nitrogens with one attached hydrogen (secondary N) is 1. The van der Waals surface area contributed by atoms with Gasteiger partial charge >= 0.3 is 0 Å². The summed E-state index contributed by atoms with van der Waals surface area (Å²) < 4.78 is 27.9. The second-order valence-corrected chi connectivity index (χ2v) is 9.25. The molecule has 8 nitrogen and oxygen atoms in total. The van der Waals surface area contributed by atoms with E-state index in [-0.39, 0.29) is 11.9 Å². The topological polar surface area (TPSA) is 96.7 Å². The van der Waals surface area contributed by atoms with Gasteiger partial charge in [0.1, 0.15) is 0 Å². The Kier molecular flexibility index (Phi) is 5.36. The Morgan fingerprint density at radius 1 is 1.10 bits per heavy atom. The van der Waals surface area contributed by atoms with Crippen LogP contribution < -0.4 is 4.72 Å². The molecule has 0 aliphatic carbocycles. The highest BCUT2D eigenvalue weighted by atomic mass is 32.2. The number of rotatable bonds is 5. The normalized spacial score (nSPS) is 16.3. The van der Waals surface area contributed by atoms with Gasteiger partial charge in [0.15, 0.2) is 0 Å². The maximum atomic E-state index is 12.4. The SMILES string of the molecule is CC(=O)N1N=C(c2ccccc2NS(C)(=O)=O)C[C@H]1c1cn(-c2ccccc2)nc1C. The largest absolute Gasteiger partial charge is 0.283 e. The molecule has 3 aromatic rings. The third kappa shape index (κ3) is 4.36. The van der Waals surface area contributed by atoms with Crippen molar-refractivity contribution in [2.45, 2.75) is 26.3 Å². The number of nitrogens with zero attached hydrogens (tertiary/aromatic N) is 4. The van der Waals surface area contributed by atoms with Crippen molar-refractivity contribution in [3.05, 3.63) is 77.6 Å². The molecule has 1 amide bonds. The van der Waals surface area contributed by atoms with Crippen LogP contribution in [0.15, 0.2) is 65.9 Å². The molecule has 0 saturated heterocycles. The third-order valence-corrected chi connectivity index (χ3v) is 5.67. The van der Waals surface area contributed by atoms with Crippen LogP contribution >= 0.6 is 0 Å². The summed E-state index contributed by atoms with van der Waals surface area (Å²) in [7, 11) is -3.46. The van der Waals surface area contributed by atoms with E-state index >= 15 is 0 Å². The zero-order chi connectivity index (χ0) is 22.2. The van der Waals surface area contributed by atoms with Crippen LogP contribution in [0.3, 0.4) is 0 Å². The number of aryl methyl sites for hydroxylation is 1. The number of para-hydroxylation sites is 2. The lowest BCUT2D eigenvalue weighted by Crippen LogP contribution is -2.24. The zero-order valence-electron chi connectivity index (χ0n) is 17.5. The second-order valence-electron chi connectivity index (χ2n) is 7.50. The minimum absolute atomic E-state index is 0.194. The number of carbonyl (C=O) groups is 1. The van der Waals surface area contributed by atoms with Gasteiger partial charge in [0, 0.05) is 30.7 Å². The fourth-order valence-electron chi connectivity index (χ4n) is 3.74. The summed E-state index contributed by atoms with van der Waals surface area (Å²) in [6.07, 6.45) is 3.47. The van der Waals surface area contributed by atoms with E-state index in [9.17, 15) is 13.2 Å². The van der Waals surface area contributed by atoms with E-state index in [1.54, 1.807) is 22.9 Å². The van der Waals surface area contributed by atoms with E-state index in [1.807, 2.05) is 49.5 Å². The number of carbonyl (C=O) groups excluding carboxylic acids is 1. The molecule has 0 bridgehead atoms. The van der Waals surface area contributed by atoms with Crippen molar-refractivity contribution in [2.75, 3.05) is 11.0 Å². The molecule has 2 heterocycles. The number of amides is 1. The monoisotopic (exact) mass is 437 g/mol. The van der Waals surface area contributed by atoms with E-state index in [1.165, 1.54) is 11.9 Å². The van der Waals surface area contributed by atoms with Gasteiger partial charge < -0.3 is 0 Å². The average Bonchev–Trinajstić information content (AvgIpc) is 3.32. The van der Waals surface area contributed by atoms with Gasteiger partial charge in [-0.1, -0.05) is 36.4 Å². The van der Waals surface area contributed by atoms with Crippen LogP contribution in [-0.4, -0.2) is 41.1 Å². The summed E-state index contributed by atoms with van der Waals surface area (Å²) >= 11 is 0. The highest BCUT2D eigenvalue weighted by Crippen LogP contribution is 2.36. The summed E-state index contributed by atoms with van der Waals surface area (Å²) in [4.78, 5) is 12.4. The predicted molar refractivity (Wildman–Crippen MR) is 120 cm³/mol. The molecule has 0 spiro atoms. The number of anilines is 1. The molecule has 160 valence electrons. The molecule has 1 N–H and O–H groups in total. The maximum absolute atomic E-state index is 12.4. The standard InChI is InChI=1S/C22H23N5O3S/c1-15-19(14-26(23-15)17-9-5-4-6-10-17)22-13-21(24-27(22)16(2)28)18-11-7-8-12-20(18)25-31(3,29)30/h4-12,14,22,25H,13H2,1-3H3/t22-/m0/s1. The first kappa shape index (κ1) is 20.8. The predicted octanol–water partition coefficient (Wildman–Crippen LogP) is 3.25. The van der Waals surface area contributed by atoms with Crippen LogP contribution in [0.1, 0.15) is 36.2 Å². The Morgan fingerprint density at radius 3 is 2.45 bits per heavy atom. The molecular formula is C22H23N5O3S. The molecule has 0 fully saturated rings. The Bertz CT molecular complexity index is 1270. The lowest BCUT2D eigenvalue weighted by Gasteiger charge is -2.19. The Hall–Kier alpha value is -3.46. The molecule has 9 heteroatoms. The first-order chi connectivity index (χ1) is 14.7. The fraction of sp³-hybridized carbons (Fsp3) is 0.227. The lowest BCUT2D eigenvalue weighted by atomic mass is 9.98. The number of aromatic nitrogens is 2. The molecule has 0 saturated carbocycles. The van der Waals surface area contributed by atoms with E-state index in [4.69, 9.17) is 0 Å². The maximum Gasteiger partial charge on any atom is 0.240 e.